The molecule has 6 heteroatoms. The van der Waals surface area contributed by atoms with Crippen LogP contribution in [0.25, 0.3) is 0 Å². The van der Waals surface area contributed by atoms with E-state index < -0.39 is 17.3 Å². The third-order valence-electron chi connectivity index (χ3n) is 4.93. The molecular formula is C20H33NO5. The number of amides is 1. The van der Waals surface area contributed by atoms with Crippen LogP contribution in [0.5, 0.6) is 0 Å². The Hall–Kier alpha value is -1.56. The Morgan fingerprint density at radius 3 is 2.35 bits per heavy atom. The number of esters is 1. The Kier molecular flexibility index (Phi) is 5.76. The minimum Gasteiger partial charge on any atom is -0.460 e. The van der Waals surface area contributed by atoms with Gasteiger partial charge in [0.25, 0.3) is 0 Å². The van der Waals surface area contributed by atoms with Gasteiger partial charge in [-0.2, -0.15) is 0 Å². The smallest absolute Gasteiger partial charge is 0.407 e. The first kappa shape index (κ1) is 20.7. The Labute approximate surface area is 156 Å². The maximum Gasteiger partial charge on any atom is 0.407 e. The summed E-state index contributed by atoms with van der Waals surface area (Å²) in [5, 5.41) is 12.3. The number of hydrogen-bond acceptors (Lipinski definition) is 5. The van der Waals surface area contributed by atoms with Gasteiger partial charge in [0.2, 0.25) is 0 Å². The molecule has 1 amide bonds. The van der Waals surface area contributed by atoms with E-state index in [0.29, 0.717) is 12.5 Å². The molecule has 0 aliphatic heterocycles. The van der Waals surface area contributed by atoms with Crippen molar-refractivity contribution in [2.24, 2.45) is 17.3 Å². The summed E-state index contributed by atoms with van der Waals surface area (Å²) in [4.78, 5) is 24.5. The van der Waals surface area contributed by atoms with Crippen LogP contribution in [0.3, 0.4) is 0 Å². The number of alkyl carbamates (subject to hydrolysis) is 1. The molecule has 0 saturated heterocycles. The maximum atomic E-state index is 12.4. The lowest BCUT2D eigenvalue weighted by Crippen LogP contribution is -2.54. The Balaban J connectivity index is 2.07. The second-order valence-electron chi connectivity index (χ2n) is 9.66. The zero-order chi connectivity index (χ0) is 19.8. The van der Waals surface area contributed by atoms with Gasteiger partial charge in [0.1, 0.15) is 11.2 Å². The molecule has 6 nitrogen and oxygen atoms in total. The van der Waals surface area contributed by atoms with Crippen LogP contribution in [-0.2, 0) is 14.3 Å². The van der Waals surface area contributed by atoms with E-state index >= 15 is 0 Å². The number of rotatable bonds is 5. The lowest BCUT2D eigenvalue weighted by Gasteiger charge is -2.52. The van der Waals surface area contributed by atoms with Gasteiger partial charge in [-0.05, 0) is 71.8 Å². The lowest BCUT2D eigenvalue weighted by molar-refractivity contribution is -0.162. The summed E-state index contributed by atoms with van der Waals surface area (Å²) in [6.45, 7) is 11.4. The summed E-state index contributed by atoms with van der Waals surface area (Å²) in [6, 6.07) is 0. The number of nitrogens with one attached hydrogen (secondary N) is 1. The SMILES string of the molecule is CC(C)(C)OC(=O)C[C@]1(CNC(=O)OC(C)(C)C)C[C@@H]2CC(CO)=C[C@@H]21. The van der Waals surface area contributed by atoms with Crippen LogP contribution in [0.2, 0.25) is 0 Å². The molecule has 26 heavy (non-hydrogen) atoms. The zero-order valence-corrected chi connectivity index (χ0v) is 16.8. The first-order chi connectivity index (χ1) is 11.8. The second-order valence-corrected chi connectivity index (χ2v) is 9.66. The first-order valence-corrected chi connectivity index (χ1v) is 9.33. The highest BCUT2D eigenvalue weighted by Gasteiger charge is 2.56. The van der Waals surface area contributed by atoms with Crippen molar-refractivity contribution in [2.45, 2.75) is 72.0 Å². The van der Waals surface area contributed by atoms with Gasteiger partial charge in [0, 0.05) is 12.0 Å². The van der Waals surface area contributed by atoms with Crippen molar-refractivity contribution < 1.29 is 24.2 Å². The quantitative estimate of drug-likeness (QED) is 0.576. The average molecular weight is 367 g/mol. The highest BCUT2D eigenvalue weighted by Crippen LogP contribution is 2.59. The molecule has 148 valence electrons. The van der Waals surface area contributed by atoms with E-state index in [-0.39, 0.29) is 30.3 Å². The molecule has 2 aliphatic carbocycles. The minimum absolute atomic E-state index is 0.0506. The number of carbonyl (C=O) groups is 2. The molecule has 0 radical (unpaired) electrons. The van der Waals surface area contributed by atoms with Gasteiger partial charge in [0.15, 0.2) is 0 Å². The number of fused-ring (bicyclic) bond motifs is 1. The molecule has 3 atom stereocenters. The number of aliphatic hydroxyl groups excluding tert-OH is 1. The van der Waals surface area contributed by atoms with E-state index in [1.54, 1.807) is 0 Å². The van der Waals surface area contributed by atoms with Gasteiger partial charge in [-0.15, -0.1) is 0 Å². The number of aliphatic hydroxyl groups is 1. The van der Waals surface area contributed by atoms with Gasteiger partial charge < -0.3 is 19.9 Å². The van der Waals surface area contributed by atoms with Crippen LogP contribution in [0.15, 0.2) is 11.6 Å². The van der Waals surface area contributed by atoms with Crippen molar-refractivity contribution in [1.29, 1.82) is 0 Å². The fourth-order valence-corrected chi connectivity index (χ4v) is 4.08. The van der Waals surface area contributed by atoms with Crippen LogP contribution in [0.1, 0.15) is 60.8 Å². The first-order valence-electron chi connectivity index (χ1n) is 9.33. The lowest BCUT2D eigenvalue weighted by atomic mass is 9.53. The molecule has 0 heterocycles. The highest BCUT2D eigenvalue weighted by atomic mass is 16.6. The standard InChI is InChI=1S/C20H33NO5/c1-18(2,3)25-16(23)10-20(12-21-17(24)26-19(4,5)6)9-14-7-13(11-22)8-15(14)20/h8,14-15,22H,7,9-12H2,1-6H3,(H,21,24)/t14-,15-,20-/m0/s1. The summed E-state index contributed by atoms with van der Waals surface area (Å²) in [5.41, 5.74) is -0.465. The molecule has 0 bridgehead atoms. The minimum atomic E-state index is -0.568. The largest absolute Gasteiger partial charge is 0.460 e. The molecule has 2 N–H and O–H groups in total. The summed E-state index contributed by atoms with van der Waals surface area (Å²) in [5.74, 6) is 0.347. The van der Waals surface area contributed by atoms with Crippen LogP contribution in [0.4, 0.5) is 4.79 Å². The molecule has 0 aromatic rings. The van der Waals surface area contributed by atoms with Gasteiger partial charge in [-0.1, -0.05) is 6.08 Å². The van der Waals surface area contributed by atoms with E-state index in [0.717, 1.165) is 18.4 Å². The number of ether oxygens (including phenoxy) is 2. The van der Waals surface area contributed by atoms with Gasteiger partial charge in [0.05, 0.1) is 13.0 Å². The second kappa shape index (κ2) is 7.22. The topological polar surface area (TPSA) is 84.9 Å². The molecule has 0 aromatic carbocycles. The number of allylic oxidation sites excluding steroid dienone is 1. The van der Waals surface area contributed by atoms with Crippen molar-refractivity contribution in [1.82, 2.24) is 5.32 Å². The van der Waals surface area contributed by atoms with E-state index in [9.17, 15) is 14.7 Å². The third-order valence-corrected chi connectivity index (χ3v) is 4.93. The number of carbonyl (C=O) groups excluding carboxylic acids is 2. The average Bonchev–Trinajstić information content (AvgIpc) is 2.77. The van der Waals surface area contributed by atoms with Gasteiger partial charge in [-0.3, -0.25) is 4.79 Å². The van der Waals surface area contributed by atoms with Crippen molar-refractivity contribution in [3.8, 4) is 0 Å². The molecule has 0 unspecified atom stereocenters. The van der Waals surface area contributed by atoms with Crippen LogP contribution < -0.4 is 5.32 Å². The van der Waals surface area contributed by atoms with Crippen molar-refractivity contribution >= 4 is 12.1 Å². The molecule has 2 aliphatic rings. The maximum absolute atomic E-state index is 12.4. The fourth-order valence-electron chi connectivity index (χ4n) is 4.08. The van der Waals surface area contributed by atoms with Crippen molar-refractivity contribution in [3.63, 3.8) is 0 Å². The molecule has 0 spiro atoms. The van der Waals surface area contributed by atoms with Crippen LogP contribution in [0, 0.1) is 17.3 Å². The Morgan fingerprint density at radius 1 is 1.19 bits per heavy atom. The number of hydrogen-bond donors (Lipinski definition) is 2. The Morgan fingerprint density at radius 2 is 1.81 bits per heavy atom. The molecule has 0 aromatic heterocycles. The van der Waals surface area contributed by atoms with E-state index in [2.05, 4.69) is 11.4 Å². The zero-order valence-electron chi connectivity index (χ0n) is 16.8. The van der Waals surface area contributed by atoms with E-state index in [1.165, 1.54) is 0 Å². The molecule has 1 saturated carbocycles. The van der Waals surface area contributed by atoms with E-state index in [4.69, 9.17) is 9.47 Å². The summed E-state index contributed by atoms with van der Waals surface area (Å²) >= 11 is 0. The monoisotopic (exact) mass is 367 g/mol. The summed E-state index contributed by atoms with van der Waals surface area (Å²) in [7, 11) is 0. The van der Waals surface area contributed by atoms with Crippen molar-refractivity contribution in [3.05, 3.63) is 11.6 Å². The predicted molar refractivity (Wildman–Crippen MR) is 98.5 cm³/mol. The summed E-state index contributed by atoms with van der Waals surface area (Å²) < 4.78 is 10.8. The van der Waals surface area contributed by atoms with Crippen LogP contribution in [-0.4, -0.2) is 41.5 Å². The highest BCUT2D eigenvalue weighted by molar-refractivity contribution is 5.72. The van der Waals surface area contributed by atoms with Gasteiger partial charge >= 0.3 is 12.1 Å². The normalized spacial score (nSPS) is 27.9. The predicted octanol–water partition coefficient (Wildman–Crippen LogP) is 3.19. The molecule has 1 fully saturated rings. The van der Waals surface area contributed by atoms with E-state index in [1.807, 2.05) is 41.5 Å². The third kappa shape index (κ3) is 5.22. The summed E-state index contributed by atoms with van der Waals surface area (Å²) in [6.07, 6.45) is 3.54. The van der Waals surface area contributed by atoms with Crippen molar-refractivity contribution in [2.75, 3.05) is 13.2 Å². The molecular weight excluding hydrogens is 334 g/mol. The van der Waals surface area contributed by atoms with Crippen LogP contribution >= 0.6 is 0 Å². The fraction of sp³-hybridized carbons (Fsp3) is 0.800. The molecule has 2 rings (SSSR count). The Bertz CT molecular complexity index is 584. The van der Waals surface area contributed by atoms with Gasteiger partial charge in [-0.25, -0.2) is 4.79 Å².